The van der Waals surface area contributed by atoms with Crippen molar-refractivity contribution >= 4 is 29.9 Å². The third kappa shape index (κ3) is 6.88. The Hall–Kier alpha value is -2.34. The first-order valence-corrected chi connectivity index (χ1v) is 7.97. The highest BCUT2D eigenvalue weighted by molar-refractivity contribution is 14.0. The number of guanidine groups is 1. The minimum absolute atomic E-state index is 0. The highest BCUT2D eigenvalue weighted by atomic mass is 127. The van der Waals surface area contributed by atoms with Crippen molar-refractivity contribution in [3.05, 3.63) is 65.5 Å². The van der Waals surface area contributed by atoms with Gasteiger partial charge in [0.2, 0.25) is 0 Å². The molecule has 0 saturated heterocycles. The Labute approximate surface area is 170 Å². The van der Waals surface area contributed by atoms with Crippen LogP contribution in [0, 0.1) is 17.1 Å². The number of nitrogens with one attached hydrogen (secondary N) is 2. The molecule has 0 heterocycles. The fourth-order valence-corrected chi connectivity index (χ4v) is 2.14. The van der Waals surface area contributed by atoms with E-state index in [4.69, 9.17) is 10.00 Å². The van der Waals surface area contributed by atoms with Gasteiger partial charge >= 0.3 is 0 Å². The molecule has 2 aromatic rings. The zero-order valence-electron chi connectivity index (χ0n) is 14.7. The van der Waals surface area contributed by atoms with Crippen LogP contribution >= 0.6 is 24.0 Å². The van der Waals surface area contributed by atoms with Gasteiger partial charge in [-0.2, -0.15) is 5.26 Å². The summed E-state index contributed by atoms with van der Waals surface area (Å²) < 4.78 is 19.2. The number of para-hydroxylation sites is 1. The Bertz CT molecular complexity index is 759. The topological polar surface area (TPSA) is 69.4 Å². The van der Waals surface area contributed by atoms with Gasteiger partial charge in [-0.15, -0.1) is 24.0 Å². The monoisotopic (exact) mass is 468 g/mol. The predicted molar refractivity (Wildman–Crippen MR) is 111 cm³/mol. The fraction of sp³-hybridized carbons (Fsp3) is 0.263. The normalized spacial score (nSPS) is 11.7. The lowest BCUT2D eigenvalue weighted by molar-refractivity contribution is 0.214. The smallest absolute Gasteiger partial charge is 0.191 e. The second kappa shape index (κ2) is 11.3. The molecule has 0 bridgehead atoms. The summed E-state index contributed by atoms with van der Waals surface area (Å²) in [5.41, 5.74) is 1.67. The van der Waals surface area contributed by atoms with Crippen molar-refractivity contribution in [2.24, 2.45) is 4.99 Å². The van der Waals surface area contributed by atoms with Gasteiger partial charge in [0.15, 0.2) is 17.5 Å². The zero-order valence-corrected chi connectivity index (χ0v) is 17.0. The van der Waals surface area contributed by atoms with E-state index in [-0.39, 0.29) is 41.6 Å². The van der Waals surface area contributed by atoms with E-state index in [9.17, 15) is 4.39 Å². The van der Waals surface area contributed by atoms with Gasteiger partial charge in [-0.3, -0.25) is 4.99 Å². The first-order valence-electron chi connectivity index (χ1n) is 7.97. The molecule has 7 heteroatoms. The lowest BCUT2D eigenvalue weighted by atomic mass is 10.1. The molecule has 2 aromatic carbocycles. The molecular weight excluding hydrogens is 446 g/mol. The molecule has 138 valence electrons. The maximum absolute atomic E-state index is 13.6. The lowest BCUT2D eigenvalue weighted by Crippen LogP contribution is -2.41. The van der Waals surface area contributed by atoms with E-state index < -0.39 is 0 Å². The zero-order chi connectivity index (χ0) is 18.1. The summed E-state index contributed by atoms with van der Waals surface area (Å²) in [6.45, 7) is 2.91. The molecule has 0 aliphatic rings. The van der Waals surface area contributed by atoms with Gasteiger partial charge in [0.1, 0.15) is 6.10 Å². The molecule has 0 spiro atoms. The Morgan fingerprint density at radius 2 is 1.88 bits per heavy atom. The Balaban J connectivity index is 0.00000338. The van der Waals surface area contributed by atoms with Crippen LogP contribution in [0.5, 0.6) is 5.75 Å². The van der Waals surface area contributed by atoms with Gasteiger partial charge in [-0.25, -0.2) is 4.39 Å². The van der Waals surface area contributed by atoms with E-state index in [2.05, 4.69) is 21.7 Å². The Morgan fingerprint density at radius 1 is 1.19 bits per heavy atom. The Kier molecular flexibility index (Phi) is 9.44. The average molecular weight is 468 g/mol. The van der Waals surface area contributed by atoms with Gasteiger partial charge in [0.05, 0.1) is 18.2 Å². The summed E-state index contributed by atoms with van der Waals surface area (Å²) in [6.07, 6.45) is -0.231. The van der Waals surface area contributed by atoms with Crippen LogP contribution in [0.2, 0.25) is 0 Å². The van der Waals surface area contributed by atoms with E-state index in [1.54, 1.807) is 37.4 Å². The van der Waals surface area contributed by atoms with E-state index >= 15 is 0 Å². The van der Waals surface area contributed by atoms with E-state index in [1.807, 2.05) is 19.1 Å². The van der Waals surface area contributed by atoms with E-state index in [0.717, 1.165) is 5.56 Å². The maximum atomic E-state index is 13.6. The average Bonchev–Trinajstić information content (AvgIpc) is 2.64. The second-order valence-corrected chi connectivity index (χ2v) is 5.47. The summed E-state index contributed by atoms with van der Waals surface area (Å²) in [6, 6.07) is 15.8. The highest BCUT2D eigenvalue weighted by Crippen LogP contribution is 2.16. The number of halogens is 2. The molecule has 5 nitrogen and oxygen atoms in total. The van der Waals surface area contributed by atoms with Crippen molar-refractivity contribution in [3.8, 4) is 11.8 Å². The van der Waals surface area contributed by atoms with E-state index in [1.165, 1.54) is 6.07 Å². The van der Waals surface area contributed by atoms with Crippen LogP contribution < -0.4 is 15.4 Å². The predicted octanol–water partition coefficient (Wildman–Crippen LogP) is 3.45. The quantitative estimate of drug-likeness (QED) is 0.387. The SMILES string of the molecule is CN=C(NCc1ccc(C#N)cc1)NCC(C)Oc1ccccc1F.I. The molecule has 26 heavy (non-hydrogen) atoms. The summed E-state index contributed by atoms with van der Waals surface area (Å²) >= 11 is 0. The molecule has 0 fully saturated rings. The summed E-state index contributed by atoms with van der Waals surface area (Å²) in [5, 5.41) is 15.1. The van der Waals surface area contributed by atoms with Gasteiger partial charge in [0.25, 0.3) is 0 Å². The fourth-order valence-electron chi connectivity index (χ4n) is 2.14. The number of hydrogen-bond acceptors (Lipinski definition) is 3. The molecule has 1 unspecified atom stereocenters. The van der Waals surface area contributed by atoms with Crippen molar-refractivity contribution in [2.75, 3.05) is 13.6 Å². The number of rotatable bonds is 6. The highest BCUT2D eigenvalue weighted by Gasteiger charge is 2.08. The maximum Gasteiger partial charge on any atom is 0.191 e. The number of benzene rings is 2. The minimum atomic E-state index is -0.377. The van der Waals surface area contributed by atoms with Crippen molar-refractivity contribution in [1.29, 1.82) is 5.26 Å². The number of ether oxygens (including phenoxy) is 1. The summed E-state index contributed by atoms with van der Waals surface area (Å²) in [5.74, 6) is 0.475. The number of aliphatic imine (C=N–C) groups is 1. The minimum Gasteiger partial charge on any atom is -0.486 e. The van der Waals surface area contributed by atoms with Crippen LogP contribution in [-0.2, 0) is 6.54 Å². The molecule has 1 atom stereocenters. The molecular formula is C19H22FIN4O. The van der Waals surface area contributed by atoms with Crippen molar-refractivity contribution in [3.63, 3.8) is 0 Å². The summed E-state index contributed by atoms with van der Waals surface area (Å²) in [7, 11) is 1.68. The largest absolute Gasteiger partial charge is 0.486 e. The third-order valence-electron chi connectivity index (χ3n) is 3.49. The van der Waals surface area contributed by atoms with Gasteiger partial charge < -0.3 is 15.4 Å². The molecule has 0 saturated carbocycles. The third-order valence-corrected chi connectivity index (χ3v) is 3.49. The van der Waals surface area contributed by atoms with Crippen molar-refractivity contribution < 1.29 is 9.13 Å². The first kappa shape index (κ1) is 21.7. The second-order valence-electron chi connectivity index (χ2n) is 5.47. The lowest BCUT2D eigenvalue weighted by Gasteiger charge is -2.18. The standard InChI is InChI=1S/C19H21FN4O.HI/c1-14(25-18-6-4-3-5-17(18)20)12-23-19(22-2)24-13-16-9-7-15(11-21)8-10-16;/h3-10,14H,12-13H2,1-2H3,(H2,22,23,24);1H. The number of nitrogens with zero attached hydrogens (tertiary/aromatic N) is 2. The molecule has 0 aromatic heterocycles. The first-order chi connectivity index (χ1) is 12.1. The van der Waals surface area contributed by atoms with Gasteiger partial charge in [-0.05, 0) is 36.8 Å². The van der Waals surface area contributed by atoms with Crippen LogP contribution in [-0.4, -0.2) is 25.7 Å². The molecule has 2 N–H and O–H groups in total. The van der Waals surface area contributed by atoms with Crippen molar-refractivity contribution in [1.82, 2.24) is 10.6 Å². The van der Waals surface area contributed by atoms with Crippen LogP contribution in [0.1, 0.15) is 18.1 Å². The van der Waals surface area contributed by atoms with Crippen LogP contribution in [0.25, 0.3) is 0 Å². The number of nitriles is 1. The van der Waals surface area contributed by atoms with Crippen LogP contribution in [0.4, 0.5) is 4.39 Å². The summed E-state index contributed by atoms with van der Waals surface area (Å²) in [4.78, 5) is 4.15. The van der Waals surface area contributed by atoms with Crippen LogP contribution in [0.15, 0.2) is 53.5 Å². The molecule has 0 radical (unpaired) electrons. The molecule has 0 aliphatic carbocycles. The number of hydrogen-bond donors (Lipinski definition) is 2. The molecule has 2 rings (SSSR count). The molecule has 0 aliphatic heterocycles. The van der Waals surface area contributed by atoms with Gasteiger partial charge in [-0.1, -0.05) is 24.3 Å². The Morgan fingerprint density at radius 3 is 2.50 bits per heavy atom. The van der Waals surface area contributed by atoms with Gasteiger partial charge in [0, 0.05) is 13.6 Å². The molecule has 0 amide bonds. The van der Waals surface area contributed by atoms with Crippen LogP contribution in [0.3, 0.4) is 0 Å². The van der Waals surface area contributed by atoms with E-state index in [0.29, 0.717) is 24.6 Å². The van der Waals surface area contributed by atoms with Crippen molar-refractivity contribution in [2.45, 2.75) is 19.6 Å².